The fourth-order valence-corrected chi connectivity index (χ4v) is 3.03. The van der Waals surface area contributed by atoms with E-state index in [9.17, 15) is 27.5 Å². The summed E-state index contributed by atoms with van der Waals surface area (Å²) in [5.74, 6) is -2.34. The molecule has 2 N–H and O–H groups in total. The van der Waals surface area contributed by atoms with Gasteiger partial charge in [-0.05, 0) is 44.5 Å². The molecule has 0 spiro atoms. The molecule has 7 nitrogen and oxygen atoms in total. The van der Waals surface area contributed by atoms with Crippen LogP contribution in [-0.4, -0.2) is 38.1 Å². The number of aryl methyl sites for hydroxylation is 2. The number of nitrogens with one attached hydrogen (secondary N) is 1. The third-order valence-corrected chi connectivity index (χ3v) is 4.88. The van der Waals surface area contributed by atoms with E-state index in [1.54, 1.807) is 31.2 Å². The zero-order valence-corrected chi connectivity index (χ0v) is 18.2. The minimum absolute atomic E-state index is 0.122. The smallest absolute Gasteiger partial charge is 0.425 e. The van der Waals surface area contributed by atoms with Crippen molar-refractivity contribution in [2.24, 2.45) is 7.05 Å². The molecule has 176 valence electrons. The topological polar surface area (TPSA) is 89.3 Å². The fraction of sp³-hybridized carbons (Fsp3) is 0.318. The minimum Gasteiger partial charge on any atom is -0.480 e. The molecule has 0 aliphatic rings. The van der Waals surface area contributed by atoms with E-state index < -0.39 is 41.4 Å². The van der Waals surface area contributed by atoms with Crippen molar-refractivity contribution in [2.75, 3.05) is 5.32 Å². The molecule has 11 heteroatoms. The van der Waals surface area contributed by atoms with E-state index in [2.05, 4.69) is 15.4 Å². The number of ether oxygens (including phenoxy) is 1. The van der Waals surface area contributed by atoms with Crippen molar-refractivity contribution >= 4 is 11.6 Å². The number of amides is 1. The molecule has 2 atom stereocenters. The first-order chi connectivity index (χ1) is 15.4. The number of hydrogen-bond donors (Lipinski definition) is 2. The molecule has 0 bridgehead atoms. The lowest BCUT2D eigenvalue weighted by Gasteiger charge is -2.20. The normalized spacial score (nSPS) is 13.5. The Morgan fingerprint density at radius 3 is 2.45 bits per heavy atom. The maximum Gasteiger partial charge on any atom is 0.425 e. The number of alkyl halides is 3. The highest BCUT2D eigenvalue weighted by molar-refractivity contribution is 6.07. The number of benzene rings is 2. The van der Waals surface area contributed by atoms with Gasteiger partial charge in [0.15, 0.2) is 17.8 Å². The van der Waals surface area contributed by atoms with Gasteiger partial charge in [0.1, 0.15) is 17.7 Å². The van der Waals surface area contributed by atoms with Gasteiger partial charge in [0.25, 0.3) is 5.91 Å². The lowest BCUT2D eigenvalue weighted by molar-refractivity contribution is -0.189. The number of aliphatic hydroxyl groups is 1. The van der Waals surface area contributed by atoms with Crippen LogP contribution in [0.15, 0.2) is 36.4 Å². The van der Waals surface area contributed by atoms with Crippen LogP contribution in [-0.2, 0) is 7.05 Å². The van der Waals surface area contributed by atoms with Gasteiger partial charge in [0, 0.05) is 12.7 Å². The van der Waals surface area contributed by atoms with Gasteiger partial charge in [-0.2, -0.15) is 18.3 Å². The second-order valence-electron chi connectivity index (χ2n) is 7.49. The average Bonchev–Trinajstić information content (AvgIpc) is 3.11. The number of aliphatic hydroxyl groups excluding tert-OH is 1. The highest BCUT2D eigenvalue weighted by Crippen LogP contribution is 2.33. The Kier molecular flexibility index (Phi) is 6.73. The first-order valence-corrected chi connectivity index (χ1v) is 9.91. The highest BCUT2D eigenvalue weighted by atomic mass is 19.4. The summed E-state index contributed by atoms with van der Waals surface area (Å²) < 4.78 is 60.7. The van der Waals surface area contributed by atoms with E-state index in [0.29, 0.717) is 11.3 Å². The zero-order chi connectivity index (χ0) is 24.5. The molecule has 33 heavy (non-hydrogen) atoms. The number of para-hydroxylation sites is 1. The monoisotopic (exact) mass is 466 g/mol. The molecular formula is C22H22F4N4O3. The van der Waals surface area contributed by atoms with E-state index in [0.717, 1.165) is 19.1 Å². The van der Waals surface area contributed by atoms with Crippen LogP contribution < -0.4 is 10.1 Å². The number of carbonyl (C=O) groups excluding carboxylic acids is 1. The lowest BCUT2D eigenvalue weighted by Crippen LogP contribution is -2.32. The number of rotatable bonds is 6. The Hall–Kier alpha value is -3.47. The summed E-state index contributed by atoms with van der Waals surface area (Å²) in [6.45, 7) is 3.94. The predicted octanol–water partition coefficient (Wildman–Crippen LogP) is 4.56. The van der Waals surface area contributed by atoms with E-state index in [1.807, 2.05) is 0 Å². The molecule has 1 unspecified atom stereocenters. The van der Waals surface area contributed by atoms with Crippen LogP contribution in [0.5, 0.6) is 5.75 Å². The highest BCUT2D eigenvalue weighted by Gasteiger charge is 2.39. The van der Waals surface area contributed by atoms with Crippen LogP contribution in [0, 0.1) is 12.7 Å². The van der Waals surface area contributed by atoms with Crippen molar-refractivity contribution in [3.05, 3.63) is 59.2 Å². The van der Waals surface area contributed by atoms with Crippen LogP contribution in [0.2, 0.25) is 0 Å². The largest absolute Gasteiger partial charge is 0.480 e. The Morgan fingerprint density at radius 2 is 1.88 bits per heavy atom. The van der Waals surface area contributed by atoms with Crippen molar-refractivity contribution in [3.63, 3.8) is 0 Å². The molecule has 1 aromatic heterocycles. The molecule has 0 aliphatic carbocycles. The summed E-state index contributed by atoms with van der Waals surface area (Å²) in [6.07, 6.45) is -8.01. The van der Waals surface area contributed by atoms with Gasteiger partial charge in [-0.25, -0.2) is 9.37 Å². The third-order valence-electron chi connectivity index (χ3n) is 4.88. The number of nitrogens with zero attached hydrogens (tertiary/aromatic N) is 3. The molecule has 0 radical (unpaired) electrons. The lowest BCUT2D eigenvalue weighted by atomic mass is 10.1. The molecular weight excluding hydrogens is 444 g/mol. The third kappa shape index (κ3) is 5.30. The maximum absolute atomic E-state index is 15.0. The van der Waals surface area contributed by atoms with Gasteiger partial charge in [0.2, 0.25) is 0 Å². The van der Waals surface area contributed by atoms with Gasteiger partial charge in [-0.3, -0.25) is 9.48 Å². The molecule has 0 aliphatic heterocycles. The summed E-state index contributed by atoms with van der Waals surface area (Å²) in [7, 11) is 1.48. The number of aromatic nitrogens is 3. The molecule has 0 saturated heterocycles. The SMILES string of the molecule is Cc1ccccc1NC(=O)c1cc(F)c(-c2nc([C@H](C)O)n(C)n2)cc1OC(C)C(F)(F)F. The van der Waals surface area contributed by atoms with Crippen LogP contribution in [0.25, 0.3) is 11.4 Å². The fourth-order valence-electron chi connectivity index (χ4n) is 3.03. The molecule has 1 heterocycles. The van der Waals surface area contributed by atoms with Crippen molar-refractivity contribution in [2.45, 2.75) is 39.2 Å². The van der Waals surface area contributed by atoms with Gasteiger partial charge in [-0.1, -0.05) is 18.2 Å². The standard InChI is InChI=1S/C22H22F4N4O3/c1-11-7-5-6-8-17(11)27-21(32)15-9-16(23)14(10-18(15)33-13(3)22(24,25)26)19-28-20(12(2)31)30(4)29-19/h5-10,12-13,31H,1-4H3,(H,27,32)/t12-,13?/m0/s1. The summed E-state index contributed by atoms with van der Waals surface area (Å²) in [4.78, 5) is 16.9. The Morgan fingerprint density at radius 1 is 1.21 bits per heavy atom. The maximum atomic E-state index is 15.0. The van der Waals surface area contributed by atoms with Crippen LogP contribution in [0.3, 0.4) is 0 Å². The van der Waals surface area contributed by atoms with E-state index in [-0.39, 0.29) is 17.2 Å². The Labute approximate surface area is 187 Å². The molecule has 2 aromatic carbocycles. The van der Waals surface area contributed by atoms with Crippen LogP contribution in [0.4, 0.5) is 23.2 Å². The quantitative estimate of drug-likeness (QED) is 0.520. The van der Waals surface area contributed by atoms with E-state index in [1.165, 1.54) is 18.7 Å². The van der Waals surface area contributed by atoms with Gasteiger partial charge >= 0.3 is 6.18 Å². The Bertz CT molecular complexity index is 1170. The summed E-state index contributed by atoms with van der Waals surface area (Å²) in [5.41, 5.74) is 0.406. The summed E-state index contributed by atoms with van der Waals surface area (Å²) in [6, 6.07) is 8.48. The van der Waals surface area contributed by atoms with Gasteiger partial charge in [-0.15, -0.1) is 0 Å². The number of anilines is 1. The molecule has 0 saturated carbocycles. The summed E-state index contributed by atoms with van der Waals surface area (Å²) in [5, 5.41) is 16.3. The molecule has 3 rings (SSSR count). The van der Waals surface area contributed by atoms with Crippen molar-refractivity contribution < 1.29 is 32.2 Å². The molecule has 0 fully saturated rings. The zero-order valence-electron chi connectivity index (χ0n) is 18.2. The number of hydrogen-bond acceptors (Lipinski definition) is 5. The first kappa shape index (κ1) is 24.2. The van der Waals surface area contributed by atoms with Crippen LogP contribution in [0.1, 0.15) is 41.7 Å². The second kappa shape index (κ2) is 9.18. The predicted molar refractivity (Wildman–Crippen MR) is 112 cm³/mol. The first-order valence-electron chi connectivity index (χ1n) is 9.91. The summed E-state index contributed by atoms with van der Waals surface area (Å²) >= 11 is 0. The van der Waals surface area contributed by atoms with Crippen molar-refractivity contribution in [3.8, 4) is 17.1 Å². The Balaban J connectivity index is 2.08. The van der Waals surface area contributed by atoms with Crippen molar-refractivity contribution in [1.29, 1.82) is 0 Å². The molecule has 3 aromatic rings. The van der Waals surface area contributed by atoms with Crippen LogP contribution >= 0.6 is 0 Å². The number of halogens is 4. The minimum atomic E-state index is -4.72. The van der Waals surface area contributed by atoms with Gasteiger partial charge in [0.05, 0.1) is 11.1 Å². The average molecular weight is 466 g/mol. The number of carbonyl (C=O) groups is 1. The van der Waals surface area contributed by atoms with Gasteiger partial charge < -0.3 is 15.2 Å². The second-order valence-corrected chi connectivity index (χ2v) is 7.49. The van der Waals surface area contributed by atoms with E-state index in [4.69, 9.17) is 4.74 Å². The molecule has 1 amide bonds. The van der Waals surface area contributed by atoms with E-state index >= 15 is 0 Å². The van der Waals surface area contributed by atoms with Crippen molar-refractivity contribution in [1.82, 2.24) is 14.8 Å².